The van der Waals surface area contributed by atoms with Crippen molar-refractivity contribution in [3.8, 4) is 5.75 Å². The number of likely N-dealkylation sites (tertiary alicyclic amines) is 2. The first-order valence-corrected chi connectivity index (χ1v) is 12.9. The third-order valence-corrected chi connectivity index (χ3v) is 7.87. The van der Waals surface area contributed by atoms with Crippen LogP contribution in [0.5, 0.6) is 5.75 Å². The van der Waals surface area contributed by atoms with Gasteiger partial charge in [-0.1, -0.05) is 13.3 Å². The van der Waals surface area contributed by atoms with Crippen LogP contribution in [0.25, 0.3) is 10.9 Å². The van der Waals surface area contributed by atoms with Crippen LogP contribution in [-0.2, 0) is 4.79 Å². The number of hydrogen-bond acceptors (Lipinski definition) is 4. The first-order valence-electron chi connectivity index (χ1n) is 12.9. The lowest BCUT2D eigenvalue weighted by Gasteiger charge is -2.34. The molecule has 1 aromatic carbocycles. The fraction of sp³-hybridized carbons (Fsp3) is 0.630. The number of aromatic nitrogens is 1. The van der Waals surface area contributed by atoms with E-state index in [1.807, 2.05) is 36.1 Å². The van der Waals surface area contributed by atoms with Gasteiger partial charge in [-0.25, -0.2) is 0 Å². The topological polar surface area (TPSA) is 77.7 Å². The Balaban J connectivity index is 1.21. The Morgan fingerprint density at radius 3 is 2.68 bits per heavy atom. The summed E-state index contributed by atoms with van der Waals surface area (Å²) in [7, 11) is 1.64. The van der Waals surface area contributed by atoms with Gasteiger partial charge in [0.25, 0.3) is 5.91 Å². The van der Waals surface area contributed by atoms with Crippen molar-refractivity contribution < 1.29 is 14.3 Å². The molecule has 4 rings (SSSR count). The van der Waals surface area contributed by atoms with Crippen molar-refractivity contribution in [3.05, 3.63) is 30.0 Å². The fourth-order valence-corrected chi connectivity index (χ4v) is 5.48. The summed E-state index contributed by atoms with van der Waals surface area (Å²) in [6, 6.07) is 8.34. The highest BCUT2D eigenvalue weighted by molar-refractivity contribution is 5.98. The summed E-state index contributed by atoms with van der Waals surface area (Å²) in [5, 5.41) is 4.16. The van der Waals surface area contributed by atoms with Gasteiger partial charge in [0.05, 0.1) is 7.11 Å². The van der Waals surface area contributed by atoms with Gasteiger partial charge in [-0.2, -0.15) is 0 Å². The molecule has 0 bridgehead atoms. The lowest BCUT2D eigenvalue weighted by atomic mass is 9.84. The van der Waals surface area contributed by atoms with Crippen LogP contribution < -0.4 is 10.1 Å². The van der Waals surface area contributed by atoms with Crippen molar-refractivity contribution in [2.45, 2.75) is 58.4 Å². The highest BCUT2D eigenvalue weighted by Gasteiger charge is 2.30. The minimum atomic E-state index is -0.0216. The second-order valence-corrected chi connectivity index (χ2v) is 10.1. The molecule has 0 spiro atoms. The largest absolute Gasteiger partial charge is 0.497 e. The zero-order chi connectivity index (χ0) is 24.1. The molecule has 3 heterocycles. The minimum Gasteiger partial charge on any atom is -0.497 e. The molecule has 1 aromatic heterocycles. The predicted molar refractivity (Wildman–Crippen MR) is 135 cm³/mol. The van der Waals surface area contributed by atoms with E-state index in [4.69, 9.17) is 4.74 Å². The zero-order valence-electron chi connectivity index (χ0n) is 20.9. The van der Waals surface area contributed by atoms with Crippen LogP contribution in [0.4, 0.5) is 0 Å². The number of amides is 2. The van der Waals surface area contributed by atoms with Gasteiger partial charge in [-0.15, -0.1) is 0 Å². The Morgan fingerprint density at radius 1 is 1.15 bits per heavy atom. The summed E-state index contributed by atoms with van der Waals surface area (Å²) in [6.45, 7) is 8.72. The number of piperidine rings is 2. The molecule has 0 radical (unpaired) electrons. The summed E-state index contributed by atoms with van der Waals surface area (Å²) in [5.74, 6) is 1.24. The molecule has 2 aliphatic heterocycles. The standard InChI is InChI=1S/C27H40N4O3/c1-19-7-4-5-13-30(19)14-6-12-28-26(32)20(2)21-10-15-31(16-11-21)27(33)25-17-22-8-9-23(34-3)18-24(22)29-25/h8-9,17-21,29H,4-7,10-16H2,1-3H3,(H,28,32). The molecular weight excluding hydrogens is 428 g/mol. The average molecular weight is 469 g/mol. The number of fused-ring (bicyclic) bond motifs is 1. The molecule has 0 saturated carbocycles. The maximum atomic E-state index is 13.0. The predicted octanol–water partition coefficient (Wildman–Crippen LogP) is 4.05. The molecule has 2 fully saturated rings. The van der Waals surface area contributed by atoms with Gasteiger partial charge in [-0.05, 0) is 69.7 Å². The van der Waals surface area contributed by atoms with Gasteiger partial charge >= 0.3 is 0 Å². The lowest BCUT2D eigenvalue weighted by molar-refractivity contribution is -0.126. The summed E-state index contributed by atoms with van der Waals surface area (Å²) in [6.07, 6.45) is 6.66. The molecule has 2 saturated heterocycles. The summed E-state index contributed by atoms with van der Waals surface area (Å²) >= 11 is 0. The molecule has 2 aromatic rings. The zero-order valence-corrected chi connectivity index (χ0v) is 20.9. The van der Waals surface area contributed by atoms with E-state index in [2.05, 4.69) is 22.1 Å². The number of nitrogens with one attached hydrogen (secondary N) is 2. The fourth-order valence-electron chi connectivity index (χ4n) is 5.48. The summed E-state index contributed by atoms with van der Waals surface area (Å²) < 4.78 is 5.27. The van der Waals surface area contributed by atoms with E-state index < -0.39 is 0 Å². The van der Waals surface area contributed by atoms with E-state index in [1.165, 1.54) is 25.8 Å². The van der Waals surface area contributed by atoms with Crippen LogP contribution in [-0.4, -0.2) is 72.5 Å². The molecule has 7 nitrogen and oxygen atoms in total. The maximum Gasteiger partial charge on any atom is 0.270 e. The van der Waals surface area contributed by atoms with E-state index in [0.29, 0.717) is 30.7 Å². The first kappa shape index (κ1) is 24.6. The normalized spacial score (nSPS) is 20.9. The monoisotopic (exact) mass is 468 g/mol. The van der Waals surface area contributed by atoms with Crippen LogP contribution in [0.1, 0.15) is 62.9 Å². The van der Waals surface area contributed by atoms with Crippen LogP contribution in [0, 0.1) is 11.8 Å². The van der Waals surface area contributed by atoms with Crippen molar-refractivity contribution in [3.63, 3.8) is 0 Å². The molecule has 2 unspecified atom stereocenters. The lowest BCUT2D eigenvalue weighted by Crippen LogP contribution is -2.43. The Labute approximate surface area is 203 Å². The van der Waals surface area contributed by atoms with E-state index in [1.54, 1.807) is 7.11 Å². The van der Waals surface area contributed by atoms with Crippen molar-refractivity contribution >= 4 is 22.7 Å². The summed E-state index contributed by atoms with van der Waals surface area (Å²) in [4.78, 5) is 33.5. The van der Waals surface area contributed by atoms with Gasteiger partial charge in [0.2, 0.25) is 5.91 Å². The second-order valence-electron chi connectivity index (χ2n) is 10.1. The second kappa shape index (κ2) is 11.3. The van der Waals surface area contributed by atoms with Gasteiger partial charge in [-0.3, -0.25) is 9.59 Å². The van der Waals surface area contributed by atoms with Crippen molar-refractivity contribution in [2.75, 3.05) is 39.8 Å². The smallest absolute Gasteiger partial charge is 0.270 e. The Bertz CT molecular complexity index is 979. The number of rotatable bonds is 8. The number of ether oxygens (including phenoxy) is 1. The van der Waals surface area contributed by atoms with Crippen molar-refractivity contribution in [1.82, 2.24) is 20.1 Å². The Kier molecular flexibility index (Phi) is 8.14. The SMILES string of the molecule is COc1ccc2cc(C(=O)N3CCC(C(C)C(=O)NCCCN4CCCCC4C)CC3)[nH]c2c1. The average Bonchev–Trinajstić information content (AvgIpc) is 3.30. The molecule has 2 aliphatic rings. The third kappa shape index (κ3) is 5.74. The molecule has 2 atom stereocenters. The van der Waals surface area contributed by atoms with Gasteiger partial charge in [0.15, 0.2) is 0 Å². The van der Waals surface area contributed by atoms with E-state index in [-0.39, 0.29) is 17.7 Å². The van der Waals surface area contributed by atoms with E-state index in [0.717, 1.165) is 49.0 Å². The molecule has 7 heteroatoms. The molecule has 2 amide bonds. The molecule has 186 valence electrons. The molecule has 34 heavy (non-hydrogen) atoms. The minimum absolute atomic E-state index is 0.0216. The molecular formula is C27H40N4O3. The van der Waals surface area contributed by atoms with Gasteiger partial charge in [0.1, 0.15) is 11.4 Å². The molecule has 0 aliphatic carbocycles. The summed E-state index contributed by atoms with van der Waals surface area (Å²) in [5.41, 5.74) is 1.51. The van der Waals surface area contributed by atoms with E-state index in [9.17, 15) is 9.59 Å². The van der Waals surface area contributed by atoms with Crippen molar-refractivity contribution in [1.29, 1.82) is 0 Å². The number of carbonyl (C=O) groups excluding carboxylic acids is 2. The Morgan fingerprint density at radius 2 is 1.94 bits per heavy atom. The number of aromatic amines is 1. The quantitative estimate of drug-likeness (QED) is 0.573. The Hall–Kier alpha value is -2.54. The van der Waals surface area contributed by atoms with Gasteiger partial charge < -0.3 is 24.8 Å². The first-order chi connectivity index (χ1) is 16.5. The van der Waals surface area contributed by atoms with Crippen LogP contribution in [0.15, 0.2) is 24.3 Å². The number of hydrogen-bond donors (Lipinski definition) is 2. The highest BCUT2D eigenvalue weighted by Crippen LogP contribution is 2.27. The number of H-pyrrole nitrogens is 1. The third-order valence-electron chi connectivity index (χ3n) is 7.87. The maximum absolute atomic E-state index is 13.0. The number of methoxy groups -OCH3 is 1. The van der Waals surface area contributed by atoms with E-state index >= 15 is 0 Å². The number of carbonyl (C=O) groups is 2. The van der Waals surface area contributed by atoms with Crippen LogP contribution in [0.2, 0.25) is 0 Å². The highest BCUT2D eigenvalue weighted by atomic mass is 16.5. The van der Waals surface area contributed by atoms with Crippen LogP contribution >= 0.6 is 0 Å². The number of nitrogens with zero attached hydrogens (tertiary/aromatic N) is 2. The van der Waals surface area contributed by atoms with Crippen LogP contribution in [0.3, 0.4) is 0 Å². The van der Waals surface area contributed by atoms with Crippen molar-refractivity contribution in [2.24, 2.45) is 11.8 Å². The number of benzene rings is 1. The van der Waals surface area contributed by atoms with Gasteiger partial charge in [0, 0.05) is 55.1 Å². The molecule has 2 N–H and O–H groups in total.